The van der Waals surface area contributed by atoms with Crippen molar-refractivity contribution in [2.24, 2.45) is 17.3 Å². The van der Waals surface area contributed by atoms with Crippen molar-refractivity contribution in [3.05, 3.63) is 28.8 Å². The second-order valence-corrected chi connectivity index (χ2v) is 9.66. The molecule has 5 atom stereocenters. The lowest BCUT2D eigenvalue weighted by Gasteiger charge is -2.50. The second-order valence-electron chi connectivity index (χ2n) is 9.66. The molecule has 1 aromatic rings. The topological polar surface area (TPSA) is 52.6 Å². The minimum absolute atomic E-state index is 0.0244. The molecule has 0 bridgehead atoms. The number of aryl methyl sites for hydroxylation is 1. The normalized spacial score (nSPS) is 32.6. The van der Waals surface area contributed by atoms with Crippen molar-refractivity contribution in [3.8, 4) is 5.75 Å². The van der Waals surface area contributed by atoms with Gasteiger partial charge in [0.05, 0.1) is 5.56 Å². The van der Waals surface area contributed by atoms with E-state index >= 15 is 0 Å². The molecule has 0 N–H and O–H groups in total. The van der Waals surface area contributed by atoms with Crippen LogP contribution in [-0.4, -0.2) is 18.0 Å². The van der Waals surface area contributed by atoms with Crippen molar-refractivity contribution in [1.82, 2.24) is 0 Å². The SMILES string of the molecule is CC(=O)Oc1cc2c(cc1C(C)(F)F)[C@H]1CC[C@]3(C)[C@@H](OC(C)=O)CC[C@H]3[C@@H]1CC2. The van der Waals surface area contributed by atoms with Crippen LogP contribution in [0.25, 0.3) is 0 Å². The summed E-state index contributed by atoms with van der Waals surface area (Å²) >= 11 is 0. The van der Waals surface area contributed by atoms with Crippen molar-refractivity contribution >= 4 is 11.9 Å². The van der Waals surface area contributed by atoms with E-state index in [1.165, 1.54) is 13.8 Å². The molecule has 0 unspecified atom stereocenters. The highest BCUT2D eigenvalue weighted by atomic mass is 19.3. The second kappa shape index (κ2) is 7.31. The van der Waals surface area contributed by atoms with Gasteiger partial charge < -0.3 is 9.47 Å². The van der Waals surface area contributed by atoms with Gasteiger partial charge in [-0.25, -0.2) is 8.78 Å². The van der Waals surface area contributed by atoms with Crippen LogP contribution in [0.15, 0.2) is 12.1 Å². The predicted octanol–water partition coefficient (Wildman–Crippen LogP) is 5.51. The summed E-state index contributed by atoms with van der Waals surface area (Å²) in [6.45, 7) is 5.78. The van der Waals surface area contributed by atoms with Crippen molar-refractivity contribution in [2.75, 3.05) is 0 Å². The zero-order chi connectivity index (χ0) is 21.8. The Morgan fingerprint density at radius 3 is 2.47 bits per heavy atom. The fraction of sp³-hybridized carbons (Fsp3) is 0.667. The highest BCUT2D eigenvalue weighted by Gasteiger charge is 2.56. The van der Waals surface area contributed by atoms with Gasteiger partial charge in [-0.3, -0.25) is 9.59 Å². The number of alkyl halides is 2. The van der Waals surface area contributed by atoms with Crippen LogP contribution < -0.4 is 4.74 Å². The molecule has 4 rings (SSSR count). The highest BCUT2D eigenvalue weighted by molar-refractivity contribution is 5.70. The zero-order valence-corrected chi connectivity index (χ0v) is 18.1. The number of fused-ring (bicyclic) bond motifs is 5. The number of halogens is 2. The average molecular weight is 420 g/mol. The van der Waals surface area contributed by atoms with Crippen LogP contribution in [0.5, 0.6) is 5.75 Å². The largest absolute Gasteiger partial charge is 0.462 e. The number of benzene rings is 1. The summed E-state index contributed by atoms with van der Waals surface area (Å²) in [6, 6.07) is 3.25. The number of carbonyl (C=O) groups excluding carboxylic acids is 2. The Balaban J connectivity index is 1.69. The molecule has 164 valence electrons. The van der Waals surface area contributed by atoms with Crippen molar-refractivity contribution in [2.45, 2.75) is 84.2 Å². The van der Waals surface area contributed by atoms with Crippen LogP contribution >= 0.6 is 0 Å². The first-order valence-corrected chi connectivity index (χ1v) is 10.9. The lowest BCUT2D eigenvalue weighted by Crippen LogP contribution is -2.45. The fourth-order valence-electron chi connectivity index (χ4n) is 6.53. The maximum absolute atomic E-state index is 14.4. The Morgan fingerprint density at radius 1 is 1.10 bits per heavy atom. The summed E-state index contributed by atoms with van der Waals surface area (Å²) in [5.74, 6) is -2.90. The third-order valence-corrected chi connectivity index (χ3v) is 7.77. The van der Waals surface area contributed by atoms with Gasteiger partial charge in [-0.1, -0.05) is 6.92 Å². The van der Waals surface area contributed by atoms with Gasteiger partial charge in [0.2, 0.25) is 0 Å². The standard InChI is InChI=1S/C24H30F2O4/c1-13(27)29-21-11-15-5-6-17-16(18(15)12-20(21)24(4,25)26)9-10-23(3)19(17)7-8-22(23)30-14(2)28/h11-12,16-17,19,22H,5-10H2,1-4H3/t16-,17+,19-,22-,23-/m0/s1. The molecule has 30 heavy (non-hydrogen) atoms. The van der Waals surface area contributed by atoms with E-state index < -0.39 is 11.9 Å². The lowest BCUT2D eigenvalue weighted by molar-refractivity contribution is -0.154. The van der Waals surface area contributed by atoms with Gasteiger partial charge >= 0.3 is 11.9 Å². The first-order valence-electron chi connectivity index (χ1n) is 10.9. The Labute approximate surface area is 176 Å². The summed E-state index contributed by atoms with van der Waals surface area (Å²) in [4.78, 5) is 23.0. The maximum atomic E-state index is 14.4. The minimum Gasteiger partial charge on any atom is -0.462 e. The number of ether oxygens (including phenoxy) is 2. The molecule has 3 aliphatic carbocycles. The van der Waals surface area contributed by atoms with E-state index in [2.05, 4.69) is 6.92 Å². The molecule has 0 amide bonds. The summed E-state index contributed by atoms with van der Waals surface area (Å²) in [5.41, 5.74) is 1.74. The van der Waals surface area contributed by atoms with Gasteiger partial charge in [0, 0.05) is 26.2 Å². The number of esters is 2. The summed E-state index contributed by atoms with van der Waals surface area (Å²) in [5, 5.41) is 0. The van der Waals surface area contributed by atoms with Gasteiger partial charge in [-0.15, -0.1) is 0 Å². The Bertz CT molecular complexity index is 875. The molecule has 0 saturated heterocycles. The van der Waals surface area contributed by atoms with Gasteiger partial charge in [0.15, 0.2) is 0 Å². The molecular weight excluding hydrogens is 390 g/mol. The monoisotopic (exact) mass is 420 g/mol. The predicted molar refractivity (Wildman–Crippen MR) is 107 cm³/mol. The quantitative estimate of drug-likeness (QED) is 0.478. The smallest absolute Gasteiger partial charge is 0.308 e. The first-order chi connectivity index (χ1) is 14.0. The van der Waals surface area contributed by atoms with Gasteiger partial charge in [-0.05, 0) is 79.5 Å². The van der Waals surface area contributed by atoms with Crippen molar-refractivity contribution in [1.29, 1.82) is 0 Å². The third kappa shape index (κ3) is 3.52. The molecule has 0 aliphatic heterocycles. The van der Waals surface area contributed by atoms with E-state index in [9.17, 15) is 18.4 Å². The Kier molecular flexibility index (Phi) is 5.18. The van der Waals surface area contributed by atoms with Crippen LogP contribution in [0.2, 0.25) is 0 Å². The maximum Gasteiger partial charge on any atom is 0.308 e. The summed E-state index contributed by atoms with van der Waals surface area (Å²) < 4.78 is 39.5. The lowest BCUT2D eigenvalue weighted by atomic mass is 9.55. The molecule has 0 radical (unpaired) electrons. The third-order valence-electron chi connectivity index (χ3n) is 7.77. The molecule has 0 aromatic heterocycles. The van der Waals surface area contributed by atoms with Crippen LogP contribution in [0, 0.1) is 17.3 Å². The van der Waals surface area contributed by atoms with Crippen LogP contribution in [0.1, 0.15) is 82.4 Å². The highest BCUT2D eigenvalue weighted by Crippen LogP contribution is 2.62. The molecule has 6 heteroatoms. The Morgan fingerprint density at radius 2 is 1.83 bits per heavy atom. The molecular formula is C24H30F2O4. The molecule has 2 saturated carbocycles. The van der Waals surface area contributed by atoms with Crippen LogP contribution in [0.4, 0.5) is 8.78 Å². The molecule has 0 heterocycles. The molecule has 2 fully saturated rings. The van der Waals surface area contributed by atoms with Gasteiger partial charge in [0.25, 0.3) is 5.92 Å². The minimum atomic E-state index is -3.09. The van der Waals surface area contributed by atoms with Crippen LogP contribution in [-0.2, 0) is 26.7 Å². The molecule has 0 spiro atoms. The van der Waals surface area contributed by atoms with E-state index in [4.69, 9.17) is 9.47 Å². The zero-order valence-electron chi connectivity index (χ0n) is 18.1. The average Bonchev–Trinajstić information content (AvgIpc) is 2.95. The van der Waals surface area contributed by atoms with E-state index in [0.29, 0.717) is 11.8 Å². The van der Waals surface area contributed by atoms with Crippen molar-refractivity contribution < 1.29 is 27.8 Å². The number of carbonyl (C=O) groups is 2. The van der Waals surface area contributed by atoms with Crippen LogP contribution in [0.3, 0.4) is 0 Å². The molecule has 3 aliphatic rings. The Hall–Kier alpha value is -1.98. The van der Waals surface area contributed by atoms with E-state index in [-0.39, 0.29) is 34.7 Å². The van der Waals surface area contributed by atoms with E-state index in [0.717, 1.165) is 56.6 Å². The summed E-state index contributed by atoms with van der Waals surface area (Å²) in [7, 11) is 0. The first kappa shape index (κ1) is 21.3. The number of rotatable bonds is 3. The number of hydrogen-bond acceptors (Lipinski definition) is 4. The van der Waals surface area contributed by atoms with Gasteiger partial charge in [0.1, 0.15) is 11.9 Å². The fourth-order valence-corrected chi connectivity index (χ4v) is 6.53. The molecule has 1 aromatic carbocycles. The van der Waals surface area contributed by atoms with E-state index in [1.807, 2.05) is 0 Å². The van der Waals surface area contributed by atoms with Crippen molar-refractivity contribution in [3.63, 3.8) is 0 Å². The van der Waals surface area contributed by atoms with E-state index in [1.54, 1.807) is 12.1 Å². The van der Waals surface area contributed by atoms with Gasteiger partial charge in [-0.2, -0.15) is 0 Å². The summed E-state index contributed by atoms with van der Waals surface area (Å²) in [6.07, 6.45) is 5.40. The molecule has 4 nitrogen and oxygen atoms in total. The number of hydrogen-bond donors (Lipinski definition) is 0.